The van der Waals surface area contributed by atoms with Crippen LogP contribution in [0.25, 0.3) is 0 Å². The Bertz CT molecular complexity index is 715. The summed E-state index contributed by atoms with van der Waals surface area (Å²) in [6, 6.07) is 1.42. The van der Waals surface area contributed by atoms with E-state index < -0.39 is 28.0 Å². The number of nitrogens with one attached hydrogen (secondary N) is 1. The number of halogens is 1. The fraction of sp³-hybridized carbons (Fsp3) is 0.333. The summed E-state index contributed by atoms with van der Waals surface area (Å²) in [5, 5.41) is 9.10. The van der Waals surface area contributed by atoms with Crippen molar-refractivity contribution in [1.82, 2.24) is 4.72 Å². The minimum absolute atomic E-state index is 0.126. The Morgan fingerprint density at radius 3 is 2.67 bits per heavy atom. The minimum atomic E-state index is -4.02. The van der Waals surface area contributed by atoms with Crippen LogP contribution in [0.5, 0.6) is 0 Å². The van der Waals surface area contributed by atoms with Crippen LogP contribution in [-0.4, -0.2) is 38.1 Å². The van der Waals surface area contributed by atoms with E-state index in [2.05, 4.69) is 25.4 Å². The number of benzene rings is 1. The van der Waals surface area contributed by atoms with Gasteiger partial charge < -0.3 is 9.84 Å². The molecule has 1 saturated heterocycles. The molecule has 2 rings (SSSR count). The molecule has 0 amide bonds. The molecule has 114 valence electrons. The van der Waals surface area contributed by atoms with Crippen LogP contribution in [0, 0.1) is 6.92 Å². The summed E-state index contributed by atoms with van der Waals surface area (Å²) in [6.45, 7) is 1.72. The molecule has 1 atom stereocenters. The first-order chi connectivity index (χ1) is 9.72. The van der Waals surface area contributed by atoms with Crippen LogP contribution in [0.1, 0.15) is 22.3 Å². The maximum atomic E-state index is 12.2. The van der Waals surface area contributed by atoms with Crippen LogP contribution < -0.4 is 4.72 Å². The molecule has 1 aromatic carbocycles. The SMILES string of the molecule is Cc1c(Br)cc(S(=O)(=O)NC2CCOC2=O)cc1C(=O)O. The fourth-order valence-corrected chi connectivity index (χ4v) is 3.77. The number of carbonyl (C=O) groups excluding carboxylic acids is 1. The number of esters is 1. The van der Waals surface area contributed by atoms with Gasteiger partial charge in [-0.25, -0.2) is 13.2 Å². The largest absolute Gasteiger partial charge is 0.478 e. The van der Waals surface area contributed by atoms with E-state index in [-0.39, 0.29) is 23.5 Å². The van der Waals surface area contributed by atoms with Crippen molar-refractivity contribution in [2.75, 3.05) is 6.61 Å². The van der Waals surface area contributed by atoms with E-state index in [0.717, 1.165) is 6.07 Å². The number of carboxylic acids is 1. The highest BCUT2D eigenvalue weighted by Gasteiger charge is 2.32. The predicted molar refractivity (Wildman–Crippen MR) is 75.5 cm³/mol. The summed E-state index contributed by atoms with van der Waals surface area (Å²) in [4.78, 5) is 22.2. The van der Waals surface area contributed by atoms with Crippen molar-refractivity contribution in [2.24, 2.45) is 0 Å². The molecule has 1 aliphatic rings. The molecule has 2 N–H and O–H groups in total. The molecular formula is C12H12BrNO6S. The highest BCUT2D eigenvalue weighted by atomic mass is 79.9. The van der Waals surface area contributed by atoms with Crippen LogP contribution >= 0.6 is 15.9 Å². The molecule has 0 aliphatic carbocycles. The van der Waals surface area contributed by atoms with Crippen LogP contribution in [0.15, 0.2) is 21.5 Å². The van der Waals surface area contributed by atoms with Crippen molar-refractivity contribution in [1.29, 1.82) is 0 Å². The Kier molecular flexibility index (Phi) is 4.35. The molecule has 0 radical (unpaired) electrons. The molecule has 0 bridgehead atoms. The Morgan fingerprint density at radius 1 is 1.48 bits per heavy atom. The van der Waals surface area contributed by atoms with Crippen molar-refractivity contribution >= 4 is 37.9 Å². The van der Waals surface area contributed by atoms with Gasteiger partial charge in [-0.15, -0.1) is 0 Å². The van der Waals surface area contributed by atoms with Gasteiger partial charge >= 0.3 is 11.9 Å². The third kappa shape index (κ3) is 3.25. The zero-order valence-corrected chi connectivity index (χ0v) is 13.3. The first kappa shape index (κ1) is 15.9. The molecule has 7 nitrogen and oxygen atoms in total. The summed E-state index contributed by atoms with van der Waals surface area (Å²) in [5.41, 5.74) is 0.292. The van der Waals surface area contributed by atoms with Crippen molar-refractivity contribution in [3.63, 3.8) is 0 Å². The van der Waals surface area contributed by atoms with E-state index >= 15 is 0 Å². The fourth-order valence-electron chi connectivity index (χ4n) is 1.89. The van der Waals surface area contributed by atoms with Crippen molar-refractivity contribution in [3.05, 3.63) is 27.7 Å². The van der Waals surface area contributed by atoms with Gasteiger partial charge in [0, 0.05) is 10.9 Å². The lowest BCUT2D eigenvalue weighted by atomic mass is 10.1. The predicted octanol–water partition coefficient (Wildman–Crippen LogP) is 1.05. The number of sulfonamides is 1. The number of hydrogen-bond donors (Lipinski definition) is 2. The smallest absolute Gasteiger partial charge is 0.336 e. The summed E-state index contributed by atoms with van der Waals surface area (Å²) in [5.74, 6) is -1.87. The molecule has 0 aromatic heterocycles. The Labute approximate surface area is 129 Å². The topological polar surface area (TPSA) is 110 Å². The Balaban J connectivity index is 2.40. The third-order valence-corrected chi connectivity index (χ3v) is 5.37. The Morgan fingerprint density at radius 2 is 2.14 bits per heavy atom. The molecule has 9 heteroatoms. The lowest BCUT2D eigenvalue weighted by Gasteiger charge is -2.12. The van der Waals surface area contributed by atoms with Crippen LogP contribution in [-0.2, 0) is 19.6 Å². The minimum Gasteiger partial charge on any atom is -0.478 e. The number of rotatable bonds is 4. The monoisotopic (exact) mass is 377 g/mol. The molecule has 1 fully saturated rings. The zero-order valence-electron chi connectivity index (χ0n) is 10.9. The van der Waals surface area contributed by atoms with Gasteiger partial charge in [0.15, 0.2) is 0 Å². The quantitative estimate of drug-likeness (QED) is 0.758. The molecule has 0 spiro atoms. The standard InChI is InChI=1S/C12H12BrNO6S/c1-6-8(11(15)16)4-7(5-9(6)13)21(18,19)14-10-2-3-20-12(10)17/h4-5,10,14H,2-3H2,1H3,(H,15,16). The van der Waals surface area contributed by atoms with Gasteiger partial charge in [0.05, 0.1) is 17.1 Å². The number of carbonyl (C=O) groups is 2. The summed E-state index contributed by atoms with van der Waals surface area (Å²) >= 11 is 3.14. The average molecular weight is 378 g/mol. The van der Waals surface area contributed by atoms with Gasteiger partial charge in [-0.3, -0.25) is 4.79 Å². The Hall–Kier alpha value is -1.45. The second-order valence-electron chi connectivity index (χ2n) is 4.51. The molecule has 1 aliphatic heterocycles. The van der Waals surface area contributed by atoms with E-state index in [1.165, 1.54) is 6.07 Å². The van der Waals surface area contributed by atoms with E-state index in [9.17, 15) is 18.0 Å². The van der Waals surface area contributed by atoms with Crippen LogP contribution in [0.3, 0.4) is 0 Å². The van der Waals surface area contributed by atoms with Crippen LogP contribution in [0.2, 0.25) is 0 Å². The van der Waals surface area contributed by atoms with E-state index in [0.29, 0.717) is 10.0 Å². The number of carboxylic acid groups (broad SMARTS) is 1. The highest BCUT2D eigenvalue weighted by molar-refractivity contribution is 9.10. The maximum absolute atomic E-state index is 12.2. The highest BCUT2D eigenvalue weighted by Crippen LogP contribution is 2.25. The zero-order chi connectivity index (χ0) is 15.8. The van der Waals surface area contributed by atoms with Gasteiger partial charge in [-0.2, -0.15) is 4.72 Å². The second-order valence-corrected chi connectivity index (χ2v) is 7.08. The molecule has 1 heterocycles. The average Bonchev–Trinajstić information content (AvgIpc) is 2.77. The van der Waals surface area contributed by atoms with Gasteiger partial charge in [0.2, 0.25) is 10.0 Å². The molecular weight excluding hydrogens is 366 g/mol. The summed E-state index contributed by atoms with van der Waals surface area (Å²) in [7, 11) is -4.02. The first-order valence-electron chi connectivity index (χ1n) is 5.95. The van der Waals surface area contributed by atoms with Crippen LogP contribution in [0.4, 0.5) is 0 Å². The third-order valence-electron chi connectivity index (χ3n) is 3.09. The summed E-state index contributed by atoms with van der Waals surface area (Å²) < 4.78 is 31.7. The van der Waals surface area contributed by atoms with Crippen molar-refractivity contribution < 1.29 is 27.9 Å². The number of ether oxygens (including phenoxy) is 1. The van der Waals surface area contributed by atoms with E-state index in [4.69, 9.17) is 5.11 Å². The van der Waals surface area contributed by atoms with E-state index in [1.54, 1.807) is 6.92 Å². The molecule has 1 unspecified atom stereocenters. The summed E-state index contributed by atoms with van der Waals surface area (Å²) in [6.07, 6.45) is 0.247. The van der Waals surface area contributed by atoms with Gasteiger partial charge in [0.25, 0.3) is 0 Å². The second kappa shape index (κ2) is 5.74. The van der Waals surface area contributed by atoms with Gasteiger partial charge in [-0.1, -0.05) is 15.9 Å². The lowest BCUT2D eigenvalue weighted by Crippen LogP contribution is -2.38. The molecule has 21 heavy (non-hydrogen) atoms. The normalized spacial score (nSPS) is 18.6. The van der Waals surface area contributed by atoms with Gasteiger partial charge in [-0.05, 0) is 24.6 Å². The van der Waals surface area contributed by atoms with Gasteiger partial charge in [0.1, 0.15) is 6.04 Å². The first-order valence-corrected chi connectivity index (χ1v) is 8.22. The maximum Gasteiger partial charge on any atom is 0.336 e. The lowest BCUT2D eigenvalue weighted by molar-refractivity contribution is -0.139. The van der Waals surface area contributed by atoms with Crippen molar-refractivity contribution in [2.45, 2.75) is 24.3 Å². The van der Waals surface area contributed by atoms with E-state index in [1.807, 2.05) is 0 Å². The number of hydrogen-bond acceptors (Lipinski definition) is 5. The van der Waals surface area contributed by atoms with Crippen molar-refractivity contribution in [3.8, 4) is 0 Å². The molecule has 1 aromatic rings. The number of cyclic esters (lactones) is 1. The molecule has 0 saturated carbocycles. The number of aromatic carboxylic acids is 1.